The predicted molar refractivity (Wildman–Crippen MR) is 80.3 cm³/mol. The van der Waals surface area contributed by atoms with Gasteiger partial charge >= 0.3 is 0 Å². The summed E-state index contributed by atoms with van der Waals surface area (Å²) < 4.78 is 5.24. The SMILES string of the molecule is Cc1ccc(Nc2cnnc(NCc3ccco3)n2)cc1. The van der Waals surface area contributed by atoms with E-state index in [2.05, 4.69) is 25.8 Å². The molecule has 0 saturated carbocycles. The molecule has 1 aromatic carbocycles. The number of anilines is 3. The second-order valence-corrected chi connectivity index (χ2v) is 4.59. The Morgan fingerprint density at radius 1 is 1.14 bits per heavy atom. The summed E-state index contributed by atoms with van der Waals surface area (Å²) in [5.74, 6) is 1.90. The first kappa shape index (κ1) is 13.1. The van der Waals surface area contributed by atoms with E-state index in [-0.39, 0.29) is 0 Å². The number of benzene rings is 1. The Balaban J connectivity index is 1.66. The number of furan rings is 1. The molecule has 6 heteroatoms. The zero-order chi connectivity index (χ0) is 14.5. The minimum absolute atomic E-state index is 0.448. The largest absolute Gasteiger partial charge is 0.467 e. The first-order chi connectivity index (χ1) is 10.3. The van der Waals surface area contributed by atoms with Crippen LogP contribution >= 0.6 is 0 Å². The molecule has 6 nitrogen and oxygen atoms in total. The second kappa shape index (κ2) is 6.04. The van der Waals surface area contributed by atoms with Gasteiger partial charge in [-0.25, -0.2) is 0 Å². The van der Waals surface area contributed by atoms with Gasteiger partial charge in [0.05, 0.1) is 19.0 Å². The minimum atomic E-state index is 0.448. The highest BCUT2D eigenvalue weighted by atomic mass is 16.3. The van der Waals surface area contributed by atoms with Crippen LogP contribution in [0, 0.1) is 6.92 Å². The Labute approximate surface area is 122 Å². The molecular formula is C15H15N5O. The van der Waals surface area contributed by atoms with Crippen LogP contribution in [-0.4, -0.2) is 15.2 Å². The highest BCUT2D eigenvalue weighted by Crippen LogP contribution is 2.15. The number of aryl methyl sites for hydroxylation is 1. The number of nitrogens with zero attached hydrogens (tertiary/aromatic N) is 3. The van der Waals surface area contributed by atoms with Crippen molar-refractivity contribution in [1.82, 2.24) is 15.2 Å². The average Bonchev–Trinajstić information content (AvgIpc) is 3.01. The van der Waals surface area contributed by atoms with Crippen LogP contribution < -0.4 is 10.6 Å². The fourth-order valence-electron chi connectivity index (χ4n) is 1.80. The second-order valence-electron chi connectivity index (χ2n) is 4.59. The Morgan fingerprint density at radius 3 is 2.76 bits per heavy atom. The summed E-state index contributed by atoms with van der Waals surface area (Å²) in [6.07, 6.45) is 3.21. The van der Waals surface area contributed by atoms with Crippen molar-refractivity contribution in [3.8, 4) is 0 Å². The van der Waals surface area contributed by atoms with E-state index in [4.69, 9.17) is 4.42 Å². The molecule has 0 aliphatic carbocycles. The molecule has 0 radical (unpaired) electrons. The maximum atomic E-state index is 5.24. The number of aromatic nitrogens is 3. The van der Waals surface area contributed by atoms with Crippen molar-refractivity contribution in [2.24, 2.45) is 0 Å². The molecule has 2 aromatic heterocycles. The van der Waals surface area contributed by atoms with Crippen LogP contribution in [0.5, 0.6) is 0 Å². The smallest absolute Gasteiger partial charge is 0.245 e. The summed E-state index contributed by atoms with van der Waals surface area (Å²) in [6.45, 7) is 2.56. The van der Waals surface area contributed by atoms with Gasteiger partial charge in [0.25, 0.3) is 0 Å². The molecule has 3 aromatic rings. The van der Waals surface area contributed by atoms with Crippen molar-refractivity contribution >= 4 is 17.5 Å². The third-order valence-corrected chi connectivity index (χ3v) is 2.88. The normalized spacial score (nSPS) is 10.3. The van der Waals surface area contributed by atoms with Crippen LogP contribution in [0.25, 0.3) is 0 Å². The van der Waals surface area contributed by atoms with Crippen molar-refractivity contribution in [3.05, 3.63) is 60.2 Å². The lowest BCUT2D eigenvalue weighted by atomic mass is 10.2. The van der Waals surface area contributed by atoms with E-state index in [1.807, 2.05) is 43.3 Å². The molecule has 0 aliphatic rings. The van der Waals surface area contributed by atoms with E-state index in [1.165, 1.54) is 5.56 Å². The lowest BCUT2D eigenvalue weighted by Gasteiger charge is -2.07. The summed E-state index contributed by atoms with van der Waals surface area (Å²) in [5.41, 5.74) is 2.17. The van der Waals surface area contributed by atoms with Gasteiger partial charge in [-0.05, 0) is 31.2 Å². The predicted octanol–water partition coefficient (Wildman–Crippen LogP) is 3.13. The Hall–Kier alpha value is -2.89. The third kappa shape index (κ3) is 3.56. The molecule has 2 N–H and O–H groups in total. The van der Waals surface area contributed by atoms with Gasteiger partial charge in [-0.15, -0.1) is 5.10 Å². The molecule has 21 heavy (non-hydrogen) atoms. The average molecular weight is 281 g/mol. The lowest BCUT2D eigenvalue weighted by Crippen LogP contribution is -2.05. The molecule has 2 heterocycles. The molecule has 0 saturated heterocycles. The van der Waals surface area contributed by atoms with Gasteiger partial charge in [-0.2, -0.15) is 10.1 Å². The highest BCUT2D eigenvalue weighted by Gasteiger charge is 2.02. The maximum absolute atomic E-state index is 5.24. The summed E-state index contributed by atoms with van der Waals surface area (Å²) in [5, 5.41) is 14.1. The minimum Gasteiger partial charge on any atom is -0.467 e. The molecule has 3 rings (SSSR count). The van der Waals surface area contributed by atoms with Crippen LogP contribution in [0.2, 0.25) is 0 Å². The van der Waals surface area contributed by atoms with E-state index in [9.17, 15) is 0 Å². The summed E-state index contributed by atoms with van der Waals surface area (Å²) >= 11 is 0. The number of rotatable bonds is 5. The van der Waals surface area contributed by atoms with Gasteiger partial charge in [0.15, 0.2) is 5.82 Å². The monoisotopic (exact) mass is 281 g/mol. The number of hydrogen-bond acceptors (Lipinski definition) is 6. The molecule has 106 valence electrons. The van der Waals surface area contributed by atoms with Gasteiger partial charge in [0.1, 0.15) is 5.76 Å². The highest BCUT2D eigenvalue weighted by molar-refractivity contribution is 5.56. The third-order valence-electron chi connectivity index (χ3n) is 2.88. The molecule has 0 fully saturated rings. The standard InChI is InChI=1S/C15H15N5O/c1-11-4-6-12(7-5-11)18-14-10-17-20-15(19-14)16-9-13-3-2-8-21-13/h2-8,10H,9H2,1H3,(H2,16,18,19,20). The van der Waals surface area contributed by atoms with Gasteiger partial charge in [-0.3, -0.25) is 0 Å². The van der Waals surface area contributed by atoms with E-state index in [0.717, 1.165) is 11.4 Å². The van der Waals surface area contributed by atoms with E-state index >= 15 is 0 Å². The van der Waals surface area contributed by atoms with E-state index in [0.29, 0.717) is 18.3 Å². The zero-order valence-corrected chi connectivity index (χ0v) is 11.6. The fourth-order valence-corrected chi connectivity index (χ4v) is 1.80. The van der Waals surface area contributed by atoms with E-state index in [1.54, 1.807) is 12.5 Å². The summed E-state index contributed by atoms with van der Waals surface area (Å²) in [4.78, 5) is 4.35. The molecule has 0 unspecified atom stereocenters. The molecular weight excluding hydrogens is 266 g/mol. The first-order valence-corrected chi connectivity index (χ1v) is 6.59. The Bertz CT molecular complexity index is 694. The molecule has 0 spiro atoms. The molecule has 0 aliphatic heterocycles. The molecule has 0 atom stereocenters. The zero-order valence-electron chi connectivity index (χ0n) is 11.6. The molecule has 0 amide bonds. The van der Waals surface area contributed by atoms with Crippen molar-refractivity contribution in [1.29, 1.82) is 0 Å². The van der Waals surface area contributed by atoms with E-state index < -0.39 is 0 Å². The van der Waals surface area contributed by atoms with Crippen LogP contribution in [0.4, 0.5) is 17.5 Å². The van der Waals surface area contributed by atoms with Gasteiger partial charge in [-0.1, -0.05) is 17.7 Å². The number of nitrogens with one attached hydrogen (secondary N) is 2. The van der Waals surface area contributed by atoms with Gasteiger partial charge < -0.3 is 15.1 Å². The summed E-state index contributed by atoms with van der Waals surface area (Å²) in [6, 6.07) is 11.8. The van der Waals surface area contributed by atoms with Crippen LogP contribution in [0.1, 0.15) is 11.3 Å². The number of hydrogen-bond donors (Lipinski definition) is 2. The summed E-state index contributed by atoms with van der Waals surface area (Å²) in [7, 11) is 0. The lowest BCUT2D eigenvalue weighted by molar-refractivity contribution is 0.517. The Morgan fingerprint density at radius 2 is 2.00 bits per heavy atom. The van der Waals surface area contributed by atoms with Gasteiger partial charge in [0.2, 0.25) is 5.95 Å². The van der Waals surface area contributed by atoms with Crippen molar-refractivity contribution < 1.29 is 4.42 Å². The van der Waals surface area contributed by atoms with Gasteiger partial charge in [0, 0.05) is 5.69 Å². The Kier molecular flexibility index (Phi) is 3.77. The van der Waals surface area contributed by atoms with Crippen molar-refractivity contribution in [2.75, 3.05) is 10.6 Å². The first-order valence-electron chi connectivity index (χ1n) is 6.59. The van der Waals surface area contributed by atoms with Crippen LogP contribution in [-0.2, 0) is 6.54 Å². The van der Waals surface area contributed by atoms with Crippen molar-refractivity contribution in [2.45, 2.75) is 13.5 Å². The maximum Gasteiger partial charge on any atom is 0.245 e. The fraction of sp³-hybridized carbons (Fsp3) is 0.133. The topological polar surface area (TPSA) is 75.9 Å². The van der Waals surface area contributed by atoms with Crippen molar-refractivity contribution in [3.63, 3.8) is 0 Å². The van der Waals surface area contributed by atoms with Crippen LogP contribution in [0.3, 0.4) is 0 Å². The quantitative estimate of drug-likeness (QED) is 0.748. The molecule has 0 bridgehead atoms. The van der Waals surface area contributed by atoms with Crippen LogP contribution in [0.15, 0.2) is 53.3 Å².